The van der Waals surface area contributed by atoms with Gasteiger partial charge >= 0.3 is 0 Å². The van der Waals surface area contributed by atoms with Gasteiger partial charge in [0.15, 0.2) is 5.65 Å². The van der Waals surface area contributed by atoms with Gasteiger partial charge in [-0.1, -0.05) is 12.1 Å². The molecule has 0 spiro atoms. The van der Waals surface area contributed by atoms with Crippen molar-refractivity contribution in [2.75, 3.05) is 25.0 Å². The van der Waals surface area contributed by atoms with E-state index < -0.39 is 0 Å². The van der Waals surface area contributed by atoms with Gasteiger partial charge in [0.05, 0.1) is 16.4 Å². The number of piperidine rings is 1. The molecule has 7 nitrogen and oxygen atoms in total. The van der Waals surface area contributed by atoms with E-state index in [1.54, 1.807) is 22.8 Å². The summed E-state index contributed by atoms with van der Waals surface area (Å²) < 4.78 is 2.56. The first-order valence-corrected chi connectivity index (χ1v) is 11.2. The van der Waals surface area contributed by atoms with Gasteiger partial charge in [0, 0.05) is 37.2 Å². The molecule has 5 rings (SSSR count). The Hall–Kier alpha value is -2.61. The zero-order valence-corrected chi connectivity index (χ0v) is 18.2. The third kappa shape index (κ3) is 3.76. The smallest absolute Gasteiger partial charge is 0.225 e. The first kappa shape index (κ1) is 19.4. The van der Waals surface area contributed by atoms with Crippen LogP contribution in [0.5, 0.6) is 5.75 Å². The van der Waals surface area contributed by atoms with E-state index in [0.29, 0.717) is 28.7 Å². The summed E-state index contributed by atoms with van der Waals surface area (Å²) in [5.41, 5.74) is 2.04. The minimum absolute atomic E-state index is 0.192. The molecule has 1 saturated carbocycles. The Morgan fingerprint density at radius 1 is 1.27 bits per heavy atom. The number of phenols is 1. The summed E-state index contributed by atoms with van der Waals surface area (Å²) in [6.07, 6.45) is 5.98. The van der Waals surface area contributed by atoms with Gasteiger partial charge in [0.2, 0.25) is 5.91 Å². The van der Waals surface area contributed by atoms with Gasteiger partial charge in [0.1, 0.15) is 11.6 Å². The molecular weight excluding hydrogens is 446 g/mol. The van der Waals surface area contributed by atoms with Crippen molar-refractivity contribution in [2.24, 2.45) is 11.8 Å². The molecule has 2 aromatic heterocycles. The van der Waals surface area contributed by atoms with Gasteiger partial charge in [-0.3, -0.25) is 4.79 Å². The van der Waals surface area contributed by atoms with Crippen LogP contribution in [0.4, 0.5) is 5.82 Å². The van der Waals surface area contributed by atoms with E-state index in [1.165, 1.54) is 0 Å². The molecule has 3 aromatic rings. The van der Waals surface area contributed by atoms with Crippen molar-refractivity contribution in [2.45, 2.75) is 25.7 Å². The number of amides is 1. The van der Waals surface area contributed by atoms with Crippen LogP contribution in [0.25, 0.3) is 16.9 Å². The molecule has 1 unspecified atom stereocenters. The Morgan fingerprint density at radius 2 is 2.10 bits per heavy atom. The Bertz CT molecular complexity index is 1090. The van der Waals surface area contributed by atoms with E-state index in [1.807, 2.05) is 23.1 Å². The lowest BCUT2D eigenvalue weighted by atomic mass is 9.97. The van der Waals surface area contributed by atoms with Gasteiger partial charge in [-0.05, 0) is 59.7 Å². The second-order valence-corrected chi connectivity index (χ2v) is 9.07. The largest absolute Gasteiger partial charge is 0.507 e. The molecule has 2 aliphatic rings. The molecule has 3 heterocycles. The Kier molecular flexibility index (Phi) is 5.10. The molecule has 1 atom stereocenters. The molecule has 156 valence electrons. The number of para-hydroxylation sites is 1. The fourth-order valence-corrected chi connectivity index (χ4v) is 4.51. The predicted octanol–water partition coefficient (Wildman–Crippen LogP) is 3.92. The summed E-state index contributed by atoms with van der Waals surface area (Å²) in [6, 6.07) is 9.10. The molecule has 0 radical (unpaired) electrons. The number of anilines is 1. The third-order valence-electron chi connectivity index (χ3n) is 5.94. The maximum atomic E-state index is 12.4. The Labute approximate surface area is 183 Å². The average Bonchev–Trinajstić information content (AvgIpc) is 3.55. The molecule has 1 aliphatic carbocycles. The number of hydrogen-bond donors (Lipinski definition) is 2. The van der Waals surface area contributed by atoms with Crippen molar-refractivity contribution in [1.29, 1.82) is 0 Å². The van der Waals surface area contributed by atoms with Crippen LogP contribution < -0.4 is 5.32 Å². The second kappa shape index (κ2) is 7.91. The maximum absolute atomic E-state index is 12.4. The number of carbonyl (C=O) groups excluding carboxylic acids is 1. The lowest BCUT2D eigenvalue weighted by Crippen LogP contribution is -2.42. The van der Waals surface area contributed by atoms with Crippen LogP contribution in [0.2, 0.25) is 0 Å². The van der Waals surface area contributed by atoms with E-state index in [2.05, 4.69) is 31.3 Å². The number of carbonyl (C=O) groups is 1. The number of benzene rings is 1. The minimum atomic E-state index is 0.192. The number of fused-ring (bicyclic) bond motifs is 1. The summed E-state index contributed by atoms with van der Waals surface area (Å²) >= 11 is 3.52. The number of aromatic nitrogens is 3. The zero-order valence-electron chi connectivity index (χ0n) is 16.6. The van der Waals surface area contributed by atoms with Gasteiger partial charge in [-0.2, -0.15) is 9.61 Å². The number of aromatic hydroxyl groups is 1. The first-order chi connectivity index (χ1) is 14.6. The second-order valence-electron chi connectivity index (χ2n) is 8.22. The van der Waals surface area contributed by atoms with Gasteiger partial charge in [-0.25, -0.2) is 4.98 Å². The highest BCUT2D eigenvalue weighted by Gasteiger charge is 2.35. The molecule has 1 amide bonds. The summed E-state index contributed by atoms with van der Waals surface area (Å²) in [5.74, 6) is 2.02. The van der Waals surface area contributed by atoms with Crippen LogP contribution in [0.15, 0.2) is 41.0 Å². The fraction of sp³-hybridized carbons (Fsp3) is 0.409. The molecule has 2 N–H and O–H groups in total. The number of phenolic OH excluding ortho intramolecular Hbond substituents is 1. The molecule has 1 aromatic carbocycles. The van der Waals surface area contributed by atoms with Crippen LogP contribution in [-0.2, 0) is 4.79 Å². The fourth-order valence-electron chi connectivity index (χ4n) is 4.16. The average molecular weight is 470 g/mol. The monoisotopic (exact) mass is 469 g/mol. The molecular formula is C22H24BrN5O2. The summed E-state index contributed by atoms with van der Waals surface area (Å²) in [7, 11) is 0. The van der Waals surface area contributed by atoms with Crippen LogP contribution >= 0.6 is 15.9 Å². The number of halogens is 1. The Morgan fingerprint density at radius 3 is 2.90 bits per heavy atom. The lowest BCUT2D eigenvalue weighted by molar-refractivity contribution is -0.134. The van der Waals surface area contributed by atoms with E-state index >= 15 is 0 Å². The number of rotatable bonds is 5. The quantitative estimate of drug-likeness (QED) is 0.591. The van der Waals surface area contributed by atoms with E-state index in [9.17, 15) is 9.90 Å². The van der Waals surface area contributed by atoms with Gasteiger partial charge < -0.3 is 15.3 Å². The molecule has 8 heteroatoms. The third-order valence-corrected chi connectivity index (χ3v) is 6.50. The SMILES string of the molecule is O=C(C1CC1)N1CCCC(CNc2cc(-c3ccccc3O)nc3c(Br)cnn23)C1. The van der Waals surface area contributed by atoms with Crippen molar-refractivity contribution in [1.82, 2.24) is 19.5 Å². The standard InChI is InChI=1S/C22H24BrN5O2/c23-17-12-25-28-20(10-18(26-21(17)28)16-5-1-2-6-19(16)29)24-11-14-4-3-9-27(13-14)22(30)15-7-8-15/h1-2,5-6,10,12,14-15,24,29H,3-4,7-9,11,13H2. The summed E-state index contributed by atoms with van der Waals surface area (Å²) in [5, 5.41) is 18.2. The van der Waals surface area contributed by atoms with Crippen LogP contribution in [0, 0.1) is 11.8 Å². The van der Waals surface area contributed by atoms with E-state index in [4.69, 9.17) is 0 Å². The highest BCUT2D eigenvalue weighted by Crippen LogP contribution is 2.33. The molecule has 0 bridgehead atoms. The molecule has 2 fully saturated rings. The van der Waals surface area contributed by atoms with Crippen molar-refractivity contribution >= 4 is 33.3 Å². The highest BCUT2D eigenvalue weighted by atomic mass is 79.9. The van der Waals surface area contributed by atoms with Crippen molar-refractivity contribution in [3.05, 3.63) is 41.0 Å². The van der Waals surface area contributed by atoms with Gasteiger partial charge in [0.25, 0.3) is 0 Å². The number of nitrogens with zero attached hydrogens (tertiary/aromatic N) is 4. The van der Waals surface area contributed by atoms with Crippen molar-refractivity contribution in [3.8, 4) is 17.0 Å². The van der Waals surface area contributed by atoms with Crippen molar-refractivity contribution < 1.29 is 9.90 Å². The predicted molar refractivity (Wildman–Crippen MR) is 118 cm³/mol. The van der Waals surface area contributed by atoms with E-state index in [0.717, 1.165) is 55.6 Å². The lowest BCUT2D eigenvalue weighted by Gasteiger charge is -2.33. The topological polar surface area (TPSA) is 82.8 Å². The van der Waals surface area contributed by atoms with Crippen molar-refractivity contribution in [3.63, 3.8) is 0 Å². The Balaban J connectivity index is 1.38. The summed E-state index contributed by atoms with van der Waals surface area (Å²) in [4.78, 5) is 19.2. The van der Waals surface area contributed by atoms with Crippen LogP contribution in [0.1, 0.15) is 25.7 Å². The molecule has 1 saturated heterocycles. The first-order valence-electron chi connectivity index (χ1n) is 10.5. The zero-order chi connectivity index (χ0) is 20.7. The number of hydrogen-bond acceptors (Lipinski definition) is 5. The minimum Gasteiger partial charge on any atom is -0.507 e. The summed E-state index contributed by atoms with van der Waals surface area (Å²) in [6.45, 7) is 2.45. The highest BCUT2D eigenvalue weighted by molar-refractivity contribution is 9.10. The molecule has 30 heavy (non-hydrogen) atoms. The number of likely N-dealkylation sites (tertiary alicyclic amines) is 1. The molecule has 1 aliphatic heterocycles. The van der Waals surface area contributed by atoms with Crippen LogP contribution in [-0.4, -0.2) is 50.1 Å². The normalized spacial score (nSPS) is 19.2. The number of nitrogens with one attached hydrogen (secondary N) is 1. The van der Waals surface area contributed by atoms with E-state index in [-0.39, 0.29) is 11.7 Å². The van der Waals surface area contributed by atoms with Gasteiger partial charge in [-0.15, -0.1) is 0 Å². The maximum Gasteiger partial charge on any atom is 0.225 e. The van der Waals surface area contributed by atoms with Crippen LogP contribution in [0.3, 0.4) is 0 Å².